The van der Waals surface area contributed by atoms with Gasteiger partial charge in [0.25, 0.3) is 0 Å². The summed E-state index contributed by atoms with van der Waals surface area (Å²) in [6, 6.07) is 3.80. The minimum Gasteiger partial charge on any atom is -0.492 e. The lowest BCUT2D eigenvalue weighted by Gasteiger charge is -2.12. The molecular weight excluding hydrogens is 253 g/mol. The second-order valence-corrected chi connectivity index (χ2v) is 3.48. The molecule has 0 spiro atoms. The smallest absolute Gasteiger partial charge is 0.410 e. The number of hydrogen-bond acceptors (Lipinski definition) is 5. The summed E-state index contributed by atoms with van der Waals surface area (Å²) in [5, 5.41) is 0. The highest BCUT2D eigenvalue weighted by Crippen LogP contribution is 2.37. The lowest BCUT2D eigenvalue weighted by atomic mass is 10.1. The number of aromatic nitrogens is 2. The Labute approximate surface area is 108 Å². The number of hydrogen-bond donors (Lipinski definition) is 1. The Hall–Kier alpha value is -2.70. The lowest BCUT2D eigenvalue weighted by Crippen LogP contribution is -2.17. The predicted octanol–water partition coefficient (Wildman–Crippen LogP) is 1.75. The van der Waals surface area contributed by atoms with Crippen molar-refractivity contribution in [1.82, 2.24) is 9.97 Å². The summed E-state index contributed by atoms with van der Waals surface area (Å²) >= 11 is 0. The van der Waals surface area contributed by atoms with E-state index in [0.717, 1.165) is 6.07 Å². The number of halogens is 1. The van der Waals surface area contributed by atoms with Crippen LogP contribution in [0, 0.1) is 5.82 Å². The number of carbonyl (C=O) groups is 1. The third-order valence-corrected chi connectivity index (χ3v) is 2.24. The molecule has 0 radical (unpaired) electrons. The van der Waals surface area contributed by atoms with Gasteiger partial charge in [-0.05, 0) is 12.1 Å². The van der Waals surface area contributed by atoms with E-state index >= 15 is 0 Å². The third kappa shape index (κ3) is 2.76. The second kappa shape index (κ2) is 5.30. The Kier molecular flexibility index (Phi) is 3.56. The van der Waals surface area contributed by atoms with Gasteiger partial charge in [-0.1, -0.05) is 0 Å². The van der Waals surface area contributed by atoms with Crippen molar-refractivity contribution in [2.24, 2.45) is 5.73 Å². The van der Waals surface area contributed by atoms with Crippen molar-refractivity contribution in [1.29, 1.82) is 0 Å². The molecule has 1 aromatic heterocycles. The molecule has 7 heteroatoms. The molecule has 0 aliphatic rings. The van der Waals surface area contributed by atoms with Crippen LogP contribution in [-0.2, 0) is 0 Å². The highest BCUT2D eigenvalue weighted by atomic mass is 19.1. The van der Waals surface area contributed by atoms with E-state index < -0.39 is 11.9 Å². The summed E-state index contributed by atoms with van der Waals surface area (Å²) in [6.07, 6.45) is 1.94. The fourth-order valence-corrected chi connectivity index (χ4v) is 1.57. The Bertz CT molecular complexity index is 605. The zero-order chi connectivity index (χ0) is 13.8. The van der Waals surface area contributed by atoms with Crippen LogP contribution in [-0.4, -0.2) is 23.2 Å². The number of nitrogens with two attached hydrogens (primary N) is 1. The molecule has 0 saturated carbocycles. The largest absolute Gasteiger partial charge is 0.492 e. The molecule has 0 saturated heterocycles. The van der Waals surface area contributed by atoms with Crippen molar-refractivity contribution in [2.45, 2.75) is 0 Å². The molecule has 0 aliphatic carbocycles. The van der Waals surface area contributed by atoms with E-state index in [0.29, 0.717) is 0 Å². The Morgan fingerprint density at radius 2 is 2.00 bits per heavy atom. The number of benzene rings is 1. The topological polar surface area (TPSA) is 87.3 Å². The van der Waals surface area contributed by atoms with E-state index in [9.17, 15) is 9.18 Å². The van der Waals surface area contributed by atoms with Crippen LogP contribution in [0.4, 0.5) is 9.18 Å². The SMILES string of the molecule is COc1c(OC(N)=O)cc(F)cc1-c1ncccn1. The molecule has 1 amide bonds. The molecule has 0 unspecified atom stereocenters. The van der Waals surface area contributed by atoms with Crippen LogP contribution in [0.3, 0.4) is 0 Å². The Morgan fingerprint density at radius 3 is 2.58 bits per heavy atom. The number of methoxy groups -OCH3 is 1. The number of ether oxygens (including phenoxy) is 2. The number of primary amides is 1. The first-order valence-corrected chi connectivity index (χ1v) is 5.24. The van der Waals surface area contributed by atoms with Gasteiger partial charge < -0.3 is 15.2 Å². The molecule has 0 fully saturated rings. The Balaban J connectivity index is 2.60. The van der Waals surface area contributed by atoms with E-state index in [4.69, 9.17) is 15.2 Å². The van der Waals surface area contributed by atoms with E-state index in [2.05, 4.69) is 9.97 Å². The van der Waals surface area contributed by atoms with Crippen LogP contribution < -0.4 is 15.2 Å². The summed E-state index contributed by atoms with van der Waals surface area (Å²) in [6.45, 7) is 0. The maximum atomic E-state index is 13.5. The predicted molar refractivity (Wildman–Crippen MR) is 64.2 cm³/mol. The van der Waals surface area contributed by atoms with E-state index in [1.807, 2.05) is 0 Å². The molecule has 6 nitrogen and oxygen atoms in total. The van der Waals surface area contributed by atoms with Crippen LogP contribution in [0.2, 0.25) is 0 Å². The lowest BCUT2D eigenvalue weighted by molar-refractivity contribution is 0.208. The quantitative estimate of drug-likeness (QED) is 0.911. The fraction of sp³-hybridized carbons (Fsp3) is 0.0833. The standard InChI is InChI=1S/C12H10FN3O3/c1-18-10-8(11-15-3-2-4-16-11)5-7(13)6-9(10)19-12(14)17/h2-6H,1H3,(H2,14,17). The van der Waals surface area contributed by atoms with Crippen molar-refractivity contribution in [3.8, 4) is 22.9 Å². The monoisotopic (exact) mass is 263 g/mol. The molecule has 2 rings (SSSR count). The van der Waals surface area contributed by atoms with Crippen molar-refractivity contribution >= 4 is 6.09 Å². The average Bonchev–Trinajstić information content (AvgIpc) is 2.38. The van der Waals surface area contributed by atoms with Crippen LogP contribution >= 0.6 is 0 Å². The zero-order valence-corrected chi connectivity index (χ0v) is 9.96. The van der Waals surface area contributed by atoms with Gasteiger partial charge >= 0.3 is 6.09 Å². The number of amides is 1. The van der Waals surface area contributed by atoms with Crippen LogP contribution in [0.1, 0.15) is 0 Å². The maximum absolute atomic E-state index is 13.5. The van der Waals surface area contributed by atoms with Gasteiger partial charge in [0.1, 0.15) is 5.82 Å². The van der Waals surface area contributed by atoms with Gasteiger partial charge in [-0.3, -0.25) is 0 Å². The summed E-state index contributed by atoms with van der Waals surface area (Å²) in [5.41, 5.74) is 5.18. The van der Waals surface area contributed by atoms with Crippen LogP contribution in [0.25, 0.3) is 11.4 Å². The second-order valence-electron chi connectivity index (χ2n) is 3.48. The van der Waals surface area contributed by atoms with E-state index in [-0.39, 0.29) is 22.9 Å². The molecule has 2 aromatic rings. The molecule has 0 atom stereocenters. The van der Waals surface area contributed by atoms with Gasteiger partial charge in [-0.15, -0.1) is 0 Å². The van der Waals surface area contributed by atoms with Gasteiger partial charge in [0.15, 0.2) is 17.3 Å². The van der Waals surface area contributed by atoms with Crippen molar-refractivity contribution < 1.29 is 18.7 Å². The molecule has 19 heavy (non-hydrogen) atoms. The van der Waals surface area contributed by atoms with Gasteiger partial charge in [-0.25, -0.2) is 19.2 Å². The molecule has 0 bridgehead atoms. The first kappa shape index (κ1) is 12.7. The molecule has 0 aliphatic heterocycles. The first-order chi connectivity index (χ1) is 9.11. The minimum atomic E-state index is -1.07. The maximum Gasteiger partial charge on any atom is 0.410 e. The highest BCUT2D eigenvalue weighted by Gasteiger charge is 2.18. The number of nitrogens with zero attached hydrogens (tertiary/aromatic N) is 2. The molecule has 1 heterocycles. The highest BCUT2D eigenvalue weighted by molar-refractivity contribution is 5.74. The summed E-state index contributed by atoms with van der Waals surface area (Å²) < 4.78 is 23.3. The van der Waals surface area contributed by atoms with Gasteiger partial charge in [0.05, 0.1) is 12.7 Å². The van der Waals surface area contributed by atoms with E-state index in [1.54, 1.807) is 6.07 Å². The summed E-state index contributed by atoms with van der Waals surface area (Å²) in [7, 11) is 1.35. The van der Waals surface area contributed by atoms with Crippen molar-refractivity contribution in [3.63, 3.8) is 0 Å². The zero-order valence-electron chi connectivity index (χ0n) is 9.96. The number of rotatable bonds is 3. The van der Waals surface area contributed by atoms with Gasteiger partial charge in [0.2, 0.25) is 0 Å². The van der Waals surface area contributed by atoms with Crippen molar-refractivity contribution in [2.75, 3.05) is 7.11 Å². The third-order valence-electron chi connectivity index (χ3n) is 2.24. The molecule has 98 valence electrons. The average molecular weight is 263 g/mol. The Morgan fingerprint density at radius 1 is 1.32 bits per heavy atom. The van der Waals surface area contributed by atoms with Gasteiger partial charge in [-0.2, -0.15) is 0 Å². The number of carbonyl (C=O) groups excluding carboxylic acids is 1. The molecule has 1 aromatic carbocycles. The minimum absolute atomic E-state index is 0.127. The molecule has 2 N–H and O–H groups in total. The van der Waals surface area contributed by atoms with Crippen LogP contribution in [0.15, 0.2) is 30.6 Å². The molecular formula is C12H10FN3O3. The normalized spacial score (nSPS) is 10.0. The first-order valence-electron chi connectivity index (χ1n) is 5.24. The van der Waals surface area contributed by atoms with E-state index in [1.165, 1.54) is 25.6 Å². The van der Waals surface area contributed by atoms with Gasteiger partial charge in [0, 0.05) is 18.5 Å². The summed E-state index contributed by atoms with van der Waals surface area (Å²) in [4.78, 5) is 18.8. The van der Waals surface area contributed by atoms with Crippen molar-refractivity contribution in [3.05, 3.63) is 36.4 Å². The summed E-state index contributed by atoms with van der Waals surface area (Å²) in [5.74, 6) is -0.378. The van der Waals surface area contributed by atoms with Crippen LogP contribution in [0.5, 0.6) is 11.5 Å². The fourth-order valence-electron chi connectivity index (χ4n) is 1.57.